The monoisotopic (exact) mass is 294 g/mol. The summed E-state index contributed by atoms with van der Waals surface area (Å²) in [5.41, 5.74) is 7.15. The van der Waals surface area contributed by atoms with Crippen LogP contribution in [0.15, 0.2) is 23.8 Å². The van der Waals surface area contributed by atoms with E-state index in [2.05, 4.69) is 25.2 Å². The van der Waals surface area contributed by atoms with Gasteiger partial charge in [-0.3, -0.25) is 0 Å². The van der Waals surface area contributed by atoms with E-state index in [-0.39, 0.29) is 21.1 Å². The van der Waals surface area contributed by atoms with Crippen molar-refractivity contribution in [3.8, 4) is 0 Å². The van der Waals surface area contributed by atoms with Crippen molar-refractivity contribution in [3.05, 3.63) is 34.3 Å². The van der Waals surface area contributed by atoms with Crippen LogP contribution in [0.1, 0.15) is 13.3 Å². The third kappa shape index (κ3) is 5.64. The van der Waals surface area contributed by atoms with Crippen LogP contribution in [0.5, 0.6) is 0 Å². The van der Waals surface area contributed by atoms with E-state index in [0.29, 0.717) is 0 Å². The fraction of sp³-hybridized carbons (Fsp3) is 0.333. The molecule has 0 aliphatic heterocycles. The third-order valence-electron chi connectivity index (χ3n) is 0.957. The van der Waals surface area contributed by atoms with Gasteiger partial charge in [0, 0.05) is 21.1 Å². The normalized spacial score (nSPS) is 12.8. The third-order valence-corrected chi connectivity index (χ3v) is 0.957. The van der Waals surface area contributed by atoms with Crippen molar-refractivity contribution in [2.75, 3.05) is 0 Å². The van der Waals surface area contributed by atoms with Crippen LogP contribution in [0.25, 0.3) is 5.59 Å². The van der Waals surface area contributed by atoms with Gasteiger partial charge in [0.1, 0.15) is 0 Å². The van der Waals surface area contributed by atoms with Crippen molar-refractivity contribution in [2.24, 2.45) is 0 Å². The van der Waals surface area contributed by atoms with E-state index in [1.807, 2.05) is 0 Å². The maximum absolute atomic E-state index is 7.25. The minimum absolute atomic E-state index is 0. The van der Waals surface area contributed by atoms with Gasteiger partial charge in [-0.2, -0.15) is 0 Å². The van der Waals surface area contributed by atoms with Crippen molar-refractivity contribution in [3.63, 3.8) is 0 Å². The van der Waals surface area contributed by atoms with Gasteiger partial charge in [0.05, 0.1) is 0 Å². The second-order valence-electron chi connectivity index (χ2n) is 1.59. The van der Waals surface area contributed by atoms with Crippen LogP contribution in [0.4, 0.5) is 0 Å². The van der Waals surface area contributed by atoms with E-state index in [1.54, 1.807) is 0 Å². The predicted molar refractivity (Wildman–Crippen MR) is 34.2 cm³/mol. The second-order valence-corrected chi connectivity index (χ2v) is 1.59. The van der Waals surface area contributed by atoms with Crippen molar-refractivity contribution in [1.82, 2.24) is 0 Å². The van der Waals surface area contributed by atoms with Gasteiger partial charge >= 0.3 is 0 Å². The van der Waals surface area contributed by atoms with E-state index in [9.17, 15) is 0 Å². The molecule has 0 aromatic carbocycles. The summed E-state index contributed by atoms with van der Waals surface area (Å²) in [5.74, 6) is 0. The molecular weight excluding hydrogens is 286 g/mol. The molecule has 0 atom stereocenters. The SMILES string of the molecule is CC1=CCC=C1.[N-]=O.[W]. The van der Waals surface area contributed by atoms with Crippen molar-refractivity contribution >= 4 is 0 Å². The van der Waals surface area contributed by atoms with Gasteiger partial charge in [0.2, 0.25) is 0 Å². The predicted octanol–water partition coefficient (Wildman–Crippen LogP) is 2.21. The molecule has 1 aliphatic rings. The van der Waals surface area contributed by atoms with Crippen LogP contribution in [0, 0.1) is 4.91 Å². The molecule has 0 bridgehead atoms. The van der Waals surface area contributed by atoms with Crippen LogP contribution in [0.2, 0.25) is 0 Å². The molecule has 3 heteroatoms. The van der Waals surface area contributed by atoms with E-state index >= 15 is 0 Å². The number of nitrogens with zero attached hydrogens (tertiary/aromatic N) is 1. The summed E-state index contributed by atoms with van der Waals surface area (Å²) in [6.45, 7) is 2.11. The molecule has 0 saturated heterocycles. The van der Waals surface area contributed by atoms with Crippen molar-refractivity contribution in [1.29, 1.82) is 0 Å². The molecule has 0 unspecified atom stereocenters. The maximum atomic E-state index is 7.25. The van der Waals surface area contributed by atoms with Gasteiger partial charge in [-0.15, -0.1) is 0 Å². The molecule has 9 heavy (non-hydrogen) atoms. The first-order valence-corrected chi connectivity index (χ1v) is 2.41. The second kappa shape index (κ2) is 7.77. The van der Waals surface area contributed by atoms with Gasteiger partial charge < -0.3 is 10.5 Å². The summed E-state index contributed by atoms with van der Waals surface area (Å²) in [6, 6.07) is 0. The van der Waals surface area contributed by atoms with Gasteiger partial charge in [-0.1, -0.05) is 23.8 Å². The summed E-state index contributed by atoms with van der Waals surface area (Å²) in [5, 5.41) is 0. The summed E-state index contributed by atoms with van der Waals surface area (Å²) in [7, 11) is 0. The molecule has 1 aliphatic carbocycles. The minimum atomic E-state index is 0. The Labute approximate surface area is 69.1 Å². The molecule has 0 saturated carbocycles. The summed E-state index contributed by atoms with van der Waals surface area (Å²) < 4.78 is 0. The average molecular weight is 294 g/mol. The van der Waals surface area contributed by atoms with Gasteiger partial charge in [-0.25, -0.2) is 0 Å². The van der Waals surface area contributed by atoms with Crippen LogP contribution >= 0.6 is 0 Å². The molecule has 0 amide bonds. The molecule has 0 heterocycles. The van der Waals surface area contributed by atoms with E-state index in [1.165, 1.54) is 5.57 Å². The Bertz CT molecular complexity index is 117. The molecule has 0 radical (unpaired) electrons. The van der Waals surface area contributed by atoms with Crippen molar-refractivity contribution in [2.45, 2.75) is 13.3 Å². The molecule has 0 aromatic heterocycles. The van der Waals surface area contributed by atoms with Crippen LogP contribution in [-0.4, -0.2) is 0 Å². The zero-order chi connectivity index (χ0) is 6.41. The van der Waals surface area contributed by atoms with Crippen LogP contribution in [0.3, 0.4) is 0 Å². The smallest absolute Gasteiger partial charge is 0 e. The number of nitroso groups, excluding NO2 is 1. The molecule has 1 rings (SSSR count). The molecule has 0 spiro atoms. The van der Waals surface area contributed by atoms with Gasteiger partial charge in [0.25, 0.3) is 0 Å². The Hall–Kier alpha value is -0.232. The van der Waals surface area contributed by atoms with E-state index in [0.717, 1.165) is 6.42 Å². The first kappa shape index (κ1) is 11.6. The van der Waals surface area contributed by atoms with Crippen molar-refractivity contribution < 1.29 is 21.1 Å². The summed E-state index contributed by atoms with van der Waals surface area (Å²) in [6.07, 6.45) is 7.65. The summed E-state index contributed by atoms with van der Waals surface area (Å²) in [4.78, 5) is 7.25. The minimum Gasteiger partial charge on any atom is -0.577 e. The Morgan fingerprint density at radius 3 is 2.22 bits per heavy atom. The molecule has 0 fully saturated rings. The molecule has 2 nitrogen and oxygen atoms in total. The first-order chi connectivity index (χ1) is 3.89. The Balaban J connectivity index is 0. The Morgan fingerprint density at radius 1 is 1.56 bits per heavy atom. The quantitative estimate of drug-likeness (QED) is 0.675. The molecular formula is C6H8NOW-. The maximum Gasteiger partial charge on any atom is 0 e. The van der Waals surface area contributed by atoms with E-state index in [4.69, 9.17) is 10.5 Å². The van der Waals surface area contributed by atoms with Gasteiger partial charge in [-0.05, 0) is 13.3 Å². The fourth-order valence-electron chi connectivity index (χ4n) is 0.576. The summed E-state index contributed by atoms with van der Waals surface area (Å²) >= 11 is 0. The zero-order valence-corrected chi connectivity index (χ0v) is 8.14. The van der Waals surface area contributed by atoms with Crippen LogP contribution in [-0.2, 0) is 21.1 Å². The van der Waals surface area contributed by atoms with Gasteiger partial charge in [0.15, 0.2) is 0 Å². The molecule has 50 valence electrons. The Morgan fingerprint density at radius 2 is 2.11 bits per heavy atom. The Kier molecular flexibility index (Phi) is 9.97. The number of allylic oxidation sites excluding steroid dienone is 4. The first-order valence-electron chi connectivity index (χ1n) is 2.41. The number of rotatable bonds is 0. The molecule has 0 aromatic rings. The van der Waals surface area contributed by atoms with E-state index < -0.39 is 0 Å². The standard InChI is InChI=1S/C6H8.NO.W/c1-6-4-2-3-5-6;1-2;/h2,4-5H,3H2,1H3;;/q;-1;. The zero-order valence-electron chi connectivity index (χ0n) is 5.20. The average Bonchev–Trinajstić information content (AvgIpc) is 2.24. The molecule has 0 N–H and O–H groups in total. The number of hydrogen-bond donors (Lipinski definition) is 0. The van der Waals surface area contributed by atoms with Crippen LogP contribution < -0.4 is 0 Å². The topological polar surface area (TPSA) is 39.4 Å². The largest absolute Gasteiger partial charge is 0.577 e. The number of hydrogen-bond acceptors (Lipinski definition) is 1. The fourth-order valence-corrected chi connectivity index (χ4v) is 0.576.